The number of carbonyl (C=O) groups is 9. The number of likely N-dealkylation sites (tertiary alicyclic amines) is 1. The zero-order chi connectivity index (χ0) is 48.2. The van der Waals surface area contributed by atoms with Gasteiger partial charge in [-0.2, -0.15) is 0 Å². The number of unbranched alkanes of at least 4 members (excludes halogenated alkanes) is 2. The molecule has 1 heterocycles. The fraction of sp³-hybridized carbons (Fsp3) is 0.712. The third-order valence-corrected chi connectivity index (χ3v) is 14.3. The topological polar surface area (TPSA) is 224 Å². The van der Waals surface area contributed by atoms with Crippen LogP contribution in [0.25, 0.3) is 0 Å². The number of hydrogen-bond acceptors (Lipinski definition) is 10. The van der Waals surface area contributed by atoms with Crippen molar-refractivity contribution >= 4 is 52.6 Å². The number of nitrogens with two attached hydrogens (primary N) is 1. The van der Waals surface area contributed by atoms with Crippen molar-refractivity contribution in [3.05, 3.63) is 35.9 Å². The summed E-state index contributed by atoms with van der Waals surface area (Å²) < 4.78 is 6.31. The van der Waals surface area contributed by atoms with Gasteiger partial charge in [0.2, 0.25) is 23.5 Å². The minimum absolute atomic E-state index is 0.0922. The van der Waals surface area contributed by atoms with Gasteiger partial charge >= 0.3 is 5.97 Å². The lowest BCUT2D eigenvalue weighted by Gasteiger charge is -2.35. The van der Waals surface area contributed by atoms with Crippen LogP contribution in [0.15, 0.2) is 30.3 Å². The van der Waals surface area contributed by atoms with E-state index in [1.165, 1.54) is 4.90 Å². The number of ketones is 5. The highest BCUT2D eigenvalue weighted by molar-refractivity contribution is 6.38. The molecule has 4 unspecified atom stereocenters. The van der Waals surface area contributed by atoms with Gasteiger partial charge in [0.25, 0.3) is 0 Å². The average molecular weight is 920 g/mol. The van der Waals surface area contributed by atoms with Gasteiger partial charge in [0.05, 0.1) is 30.7 Å². The summed E-state index contributed by atoms with van der Waals surface area (Å²) in [6, 6.07) is 7.69. The molecule has 2 saturated carbocycles. The number of rotatable bonds is 30. The maximum absolute atomic E-state index is 15.0. The summed E-state index contributed by atoms with van der Waals surface area (Å²) in [6.45, 7) is 6.12. The van der Waals surface area contributed by atoms with E-state index >= 15 is 0 Å². The minimum Gasteiger partial charge on any atom is -0.481 e. The number of amides is 3. The molecule has 14 heteroatoms. The number of aliphatic carboxylic acids is 1. The van der Waals surface area contributed by atoms with Gasteiger partial charge in [-0.05, 0) is 56.4 Å². The SMILES string of the molecule is CCCCC(CC(=O)C(CCCC)NC(=O)CCC(=O)C(=O)C(CCC)CC(=O)[C@@H]1C[C@@H](OCc2ccccc2)CN1C(=O)C(CC(=O)[C@H]1CCCC[C@@H]1C(=O)O)C1CCCCC1)C(N)=O. The number of hydrogen-bond donors (Lipinski definition) is 3. The molecular weight excluding hydrogens is 843 g/mol. The number of carboxylic acids is 1. The lowest BCUT2D eigenvalue weighted by molar-refractivity contribution is -0.150. The number of Topliss-reactive ketones (excluding diaryl/α,β-unsaturated/α-hetero) is 5. The predicted molar refractivity (Wildman–Crippen MR) is 248 cm³/mol. The number of nitrogens with zero attached hydrogens (tertiary/aromatic N) is 1. The molecule has 1 aromatic carbocycles. The Labute approximate surface area is 391 Å². The van der Waals surface area contributed by atoms with Crippen molar-refractivity contribution in [1.82, 2.24) is 10.2 Å². The molecular formula is C52H77N3O11. The van der Waals surface area contributed by atoms with E-state index in [1.807, 2.05) is 51.1 Å². The van der Waals surface area contributed by atoms with Crippen LogP contribution in [-0.4, -0.2) is 87.3 Å². The Morgan fingerprint density at radius 1 is 0.742 bits per heavy atom. The van der Waals surface area contributed by atoms with Crippen LogP contribution in [0.4, 0.5) is 0 Å². The van der Waals surface area contributed by atoms with Gasteiger partial charge in [-0.1, -0.05) is 115 Å². The standard InChI is InChI=1S/C52H77N3O11/c1-4-7-20-37(50(53)62)29-46(58)42(25-8-5-2)54-48(60)27-26-44(56)49(61)36(17-6-3)28-47(59)43-30-38(66-33-34-18-11-9-12-19-34)32-55(43)51(63)41(35-21-13-10-14-22-35)31-45(57)39-23-15-16-24-40(39)52(64)65/h9,11-12,18-19,35-43H,4-8,10,13-17,20-33H2,1-3H3,(H2,53,62)(H,54,60)(H,64,65)/t36?,37?,38-,39+,40+,41?,42?,43+/m1/s1. The summed E-state index contributed by atoms with van der Waals surface area (Å²) in [4.78, 5) is 123. The van der Waals surface area contributed by atoms with Gasteiger partial charge in [-0.15, -0.1) is 0 Å². The fourth-order valence-corrected chi connectivity index (χ4v) is 10.4. The predicted octanol–water partition coefficient (Wildman–Crippen LogP) is 7.44. The van der Waals surface area contributed by atoms with Crippen LogP contribution in [0.2, 0.25) is 0 Å². The molecule has 3 aliphatic rings. The van der Waals surface area contributed by atoms with Gasteiger partial charge in [0.15, 0.2) is 17.3 Å². The van der Waals surface area contributed by atoms with Crippen LogP contribution < -0.4 is 11.1 Å². The molecule has 66 heavy (non-hydrogen) atoms. The molecule has 0 radical (unpaired) electrons. The third-order valence-electron chi connectivity index (χ3n) is 14.3. The van der Waals surface area contributed by atoms with Crippen molar-refractivity contribution in [3.8, 4) is 0 Å². The first-order chi connectivity index (χ1) is 31.7. The molecule has 4 rings (SSSR count). The van der Waals surface area contributed by atoms with Gasteiger partial charge in [0, 0.05) is 68.7 Å². The summed E-state index contributed by atoms with van der Waals surface area (Å²) in [6.07, 6.45) is 9.62. The van der Waals surface area contributed by atoms with Crippen molar-refractivity contribution in [3.63, 3.8) is 0 Å². The molecule has 8 atom stereocenters. The van der Waals surface area contributed by atoms with Crippen molar-refractivity contribution in [1.29, 1.82) is 0 Å². The highest BCUT2D eigenvalue weighted by atomic mass is 16.5. The number of carboxylic acid groups (broad SMARTS) is 1. The first kappa shape index (κ1) is 54.0. The molecule has 0 spiro atoms. The van der Waals surface area contributed by atoms with Gasteiger partial charge in [-0.3, -0.25) is 43.2 Å². The molecule has 3 fully saturated rings. The van der Waals surface area contributed by atoms with E-state index in [0.717, 1.165) is 69.8 Å². The van der Waals surface area contributed by atoms with Crippen molar-refractivity contribution in [2.24, 2.45) is 41.2 Å². The summed E-state index contributed by atoms with van der Waals surface area (Å²) in [5.74, 6) is -8.86. The van der Waals surface area contributed by atoms with E-state index in [4.69, 9.17) is 10.5 Å². The van der Waals surface area contributed by atoms with E-state index in [9.17, 15) is 48.3 Å². The Morgan fingerprint density at radius 2 is 1.39 bits per heavy atom. The Hall–Kier alpha value is -4.59. The molecule has 1 saturated heterocycles. The molecule has 1 aromatic rings. The zero-order valence-corrected chi connectivity index (χ0v) is 39.8. The Bertz CT molecular complexity index is 1810. The minimum atomic E-state index is -0.993. The van der Waals surface area contributed by atoms with E-state index in [0.29, 0.717) is 38.5 Å². The number of primary amides is 1. The highest BCUT2D eigenvalue weighted by Crippen LogP contribution is 2.39. The quantitative estimate of drug-likeness (QED) is 0.0643. The lowest BCUT2D eigenvalue weighted by atomic mass is 9.71. The molecule has 2 aliphatic carbocycles. The van der Waals surface area contributed by atoms with Gasteiger partial charge in [-0.25, -0.2) is 0 Å². The van der Waals surface area contributed by atoms with E-state index in [1.54, 1.807) is 0 Å². The third kappa shape index (κ3) is 16.3. The fourth-order valence-electron chi connectivity index (χ4n) is 10.4. The highest BCUT2D eigenvalue weighted by Gasteiger charge is 2.46. The number of ether oxygens (including phenoxy) is 1. The normalized spacial score (nSPS) is 21.8. The molecule has 0 bridgehead atoms. The van der Waals surface area contributed by atoms with Crippen LogP contribution in [0.3, 0.4) is 0 Å². The van der Waals surface area contributed by atoms with E-state index < -0.39 is 83.5 Å². The van der Waals surface area contributed by atoms with Crippen molar-refractivity contribution in [2.75, 3.05) is 6.54 Å². The number of nitrogens with one attached hydrogen (secondary N) is 1. The van der Waals surface area contributed by atoms with Crippen LogP contribution in [0.1, 0.15) is 174 Å². The Morgan fingerprint density at radius 3 is 2.03 bits per heavy atom. The largest absolute Gasteiger partial charge is 0.481 e. The van der Waals surface area contributed by atoms with E-state index in [2.05, 4.69) is 5.32 Å². The summed E-state index contributed by atoms with van der Waals surface area (Å²) in [5.41, 5.74) is 6.49. The monoisotopic (exact) mass is 920 g/mol. The average Bonchev–Trinajstić information content (AvgIpc) is 3.76. The Kier molecular flexibility index (Phi) is 22.8. The molecule has 14 nitrogen and oxygen atoms in total. The first-order valence-electron chi connectivity index (χ1n) is 25.1. The van der Waals surface area contributed by atoms with Crippen molar-refractivity contribution < 1.29 is 53.0 Å². The molecule has 1 aliphatic heterocycles. The van der Waals surface area contributed by atoms with Gasteiger partial charge in [0.1, 0.15) is 5.78 Å². The first-order valence-corrected chi connectivity index (χ1v) is 25.1. The second kappa shape index (κ2) is 27.9. The smallest absolute Gasteiger partial charge is 0.307 e. The Balaban J connectivity index is 1.49. The maximum atomic E-state index is 15.0. The zero-order valence-electron chi connectivity index (χ0n) is 39.8. The molecule has 3 amide bonds. The van der Waals surface area contributed by atoms with E-state index in [-0.39, 0.29) is 80.9 Å². The number of carbonyl (C=O) groups excluding carboxylic acids is 8. The molecule has 366 valence electrons. The van der Waals surface area contributed by atoms with Gasteiger partial charge < -0.3 is 25.8 Å². The number of benzene rings is 1. The molecule has 0 aromatic heterocycles. The molecule has 4 N–H and O–H groups in total. The van der Waals surface area contributed by atoms with Crippen LogP contribution in [-0.2, 0) is 54.5 Å². The van der Waals surface area contributed by atoms with Crippen LogP contribution >= 0.6 is 0 Å². The maximum Gasteiger partial charge on any atom is 0.307 e. The van der Waals surface area contributed by atoms with Crippen LogP contribution in [0.5, 0.6) is 0 Å². The second-order valence-corrected chi connectivity index (χ2v) is 19.3. The summed E-state index contributed by atoms with van der Waals surface area (Å²) in [7, 11) is 0. The summed E-state index contributed by atoms with van der Waals surface area (Å²) >= 11 is 0. The lowest BCUT2D eigenvalue weighted by Crippen LogP contribution is -2.47. The van der Waals surface area contributed by atoms with Crippen LogP contribution in [0, 0.1) is 35.5 Å². The van der Waals surface area contributed by atoms with Crippen molar-refractivity contribution in [2.45, 2.75) is 193 Å². The second-order valence-electron chi connectivity index (χ2n) is 19.3. The summed E-state index contributed by atoms with van der Waals surface area (Å²) in [5, 5.41) is 12.7.